The van der Waals surface area contributed by atoms with Crippen LogP contribution in [0.2, 0.25) is 52.4 Å². The first-order chi connectivity index (χ1) is 16.3. The Morgan fingerprint density at radius 2 is 1.24 bits per heavy atom. The van der Waals surface area contributed by atoms with Crippen LogP contribution in [0.4, 0.5) is 0 Å². The van der Waals surface area contributed by atoms with Gasteiger partial charge in [0.15, 0.2) is 0 Å². The molecule has 219 valence electrons. The van der Waals surface area contributed by atoms with Gasteiger partial charge in [0, 0.05) is 36.9 Å². The Labute approximate surface area is 268 Å². The molecule has 3 atom stereocenters. The second-order valence-corrected chi connectivity index (χ2v) is 30.2. The zero-order valence-electron chi connectivity index (χ0n) is 27.0. The van der Waals surface area contributed by atoms with Crippen molar-refractivity contribution in [3.05, 3.63) is 65.6 Å². The van der Waals surface area contributed by atoms with Gasteiger partial charge in [-0.3, -0.25) is 0 Å². The first-order valence-corrected chi connectivity index (χ1v) is 24.8. The molecule has 3 aliphatic rings. The number of hydrogen-bond acceptors (Lipinski definition) is 0. The molecule has 4 heteroatoms. The molecule has 0 amide bonds. The standard InChI is InChI=1S/C26H40Si.C7H19Si2.Lu/c1-16(2)24-13-10-17(3)14-25(24)22-11-12-23(15-22)27(8,9)26-20(6)18(4)19(5)21(26)7;1-8(2,3)7-9(4,5)6;/h11-12,15-17,24-25H,10,13-14H2,1-9H3;7H,1-6H3;/q;-1;/t17-,24+,25-;;/m1../s1. The molecule has 0 N–H and O–H groups in total. The fourth-order valence-electron chi connectivity index (χ4n) is 7.27. The third-order valence-corrected chi connectivity index (χ3v) is 19.6. The average Bonchev–Trinajstić information content (AvgIpc) is 3.27. The van der Waals surface area contributed by atoms with Crippen molar-refractivity contribution in [2.24, 2.45) is 23.7 Å². The van der Waals surface area contributed by atoms with Gasteiger partial charge in [0.1, 0.15) is 0 Å². The summed E-state index contributed by atoms with van der Waals surface area (Å²) in [5.41, 5.74) is 5.97. The van der Waals surface area contributed by atoms with E-state index in [2.05, 4.69) is 126 Å². The van der Waals surface area contributed by atoms with Crippen LogP contribution in [-0.4, -0.2) is 24.2 Å². The van der Waals surface area contributed by atoms with Crippen molar-refractivity contribution < 1.29 is 36.9 Å². The van der Waals surface area contributed by atoms with Gasteiger partial charge in [0.05, 0.1) is 8.07 Å². The van der Waals surface area contributed by atoms with Gasteiger partial charge in [-0.15, -0.1) is 16.1 Å². The minimum atomic E-state index is -1.66. The fraction of sp³-hybridized carbons (Fsp3) is 0.667. The third-order valence-electron chi connectivity index (χ3n) is 8.88. The van der Waals surface area contributed by atoms with Gasteiger partial charge in [-0.2, -0.15) is 0 Å². The van der Waals surface area contributed by atoms with Gasteiger partial charge < -0.3 is 5.67 Å². The topological polar surface area (TPSA) is 0 Å². The Kier molecular flexibility index (Phi) is 14.3. The van der Waals surface area contributed by atoms with Crippen molar-refractivity contribution in [2.45, 2.75) is 120 Å². The third kappa shape index (κ3) is 9.99. The van der Waals surface area contributed by atoms with Gasteiger partial charge in [-0.05, 0) is 96.4 Å². The van der Waals surface area contributed by atoms with E-state index in [4.69, 9.17) is 0 Å². The van der Waals surface area contributed by atoms with E-state index in [1.165, 1.54) is 31.1 Å². The zero-order chi connectivity index (χ0) is 27.8. The molecule has 0 aromatic heterocycles. The molecule has 3 fully saturated rings. The van der Waals surface area contributed by atoms with E-state index < -0.39 is 24.2 Å². The largest absolute Gasteiger partial charge is 0.327 e. The number of rotatable bonds is 6. The summed E-state index contributed by atoms with van der Waals surface area (Å²) in [5.74, 6) is 11.0. The maximum Gasteiger partial charge on any atom is 0.0626 e. The molecule has 3 aliphatic carbocycles. The molecule has 37 heavy (non-hydrogen) atoms. The van der Waals surface area contributed by atoms with E-state index in [0.717, 1.165) is 23.7 Å². The first-order valence-electron chi connectivity index (χ1n) is 14.6. The van der Waals surface area contributed by atoms with Crippen LogP contribution in [0, 0.1) is 126 Å². The Morgan fingerprint density at radius 1 is 0.757 bits per heavy atom. The molecule has 0 heterocycles. The van der Waals surface area contributed by atoms with Crippen molar-refractivity contribution in [1.29, 1.82) is 0 Å². The molecule has 0 saturated heterocycles. The quantitative estimate of drug-likeness (QED) is 0.190. The molecule has 0 spiro atoms. The Morgan fingerprint density at radius 3 is 1.65 bits per heavy atom. The van der Waals surface area contributed by atoms with Crippen LogP contribution >= 0.6 is 0 Å². The van der Waals surface area contributed by atoms with E-state index in [9.17, 15) is 0 Å². The van der Waals surface area contributed by atoms with Crippen LogP contribution in [0.5, 0.6) is 0 Å². The van der Waals surface area contributed by atoms with E-state index in [0.29, 0.717) is 0 Å². The zero-order valence-corrected chi connectivity index (χ0v) is 31.7. The van der Waals surface area contributed by atoms with E-state index in [1.807, 2.05) is 0 Å². The smallest absolute Gasteiger partial charge is 0.0626 e. The molecule has 0 nitrogen and oxygen atoms in total. The minimum Gasteiger partial charge on any atom is -0.327 e. The predicted octanol–water partition coefficient (Wildman–Crippen LogP) is 10.2. The van der Waals surface area contributed by atoms with Crippen molar-refractivity contribution >= 4 is 24.2 Å². The monoisotopic (exact) mass is 714 g/mol. The summed E-state index contributed by atoms with van der Waals surface area (Å²) in [4.78, 5) is 0. The predicted molar refractivity (Wildman–Crippen MR) is 172 cm³/mol. The molecule has 0 aromatic carbocycles. The maximum absolute atomic E-state index is 2.65. The van der Waals surface area contributed by atoms with Crippen LogP contribution in [-0.2, 0) is 0 Å². The molecule has 3 saturated carbocycles. The summed E-state index contributed by atoms with van der Waals surface area (Å²) in [6.07, 6.45) is 11.8. The molecular weight excluding hydrogens is 656 g/mol. The van der Waals surface area contributed by atoms with E-state index >= 15 is 0 Å². The van der Waals surface area contributed by atoms with E-state index in [-0.39, 0.29) is 36.9 Å². The second kappa shape index (κ2) is 14.4. The summed E-state index contributed by atoms with van der Waals surface area (Å²) in [7, 11) is -3.38. The molecule has 0 unspecified atom stereocenters. The fourth-order valence-corrected chi connectivity index (χ4v) is 21.2. The minimum absolute atomic E-state index is 0. The summed E-state index contributed by atoms with van der Waals surface area (Å²) in [5, 5.41) is 0. The average molecular weight is 715 g/mol. The van der Waals surface area contributed by atoms with Crippen LogP contribution in [0.1, 0.15) is 67.7 Å². The molecule has 0 bridgehead atoms. The molecule has 0 aromatic rings. The second-order valence-electron chi connectivity index (χ2n) is 15.2. The normalized spacial score (nSPS) is 29.0. The van der Waals surface area contributed by atoms with Crippen LogP contribution in [0.25, 0.3) is 0 Å². The molecule has 11 radical (unpaired) electrons. The summed E-state index contributed by atoms with van der Waals surface area (Å²) in [6.45, 7) is 36.2. The SMILES string of the molecule is C[C]1[C](C)[C](C)[C]([Si](C)(C)[C]2[CH][CH][C]([C@H]3C[C@H](C)CC[C@H]3C(C)C)[CH]2)[C]1C.C[Si](C)(C)[CH-][Si](C)(C)C.[Lu]. The Balaban J connectivity index is 0.000000589. The molecule has 0 aliphatic heterocycles. The van der Waals surface area contributed by atoms with Crippen LogP contribution < -0.4 is 0 Å². The van der Waals surface area contributed by atoms with Gasteiger partial charge in [0.25, 0.3) is 0 Å². The molecular formula is C33H59LuSi3-. The van der Waals surface area contributed by atoms with Crippen molar-refractivity contribution in [1.82, 2.24) is 0 Å². The van der Waals surface area contributed by atoms with Gasteiger partial charge in [-0.1, -0.05) is 107 Å². The van der Waals surface area contributed by atoms with Gasteiger partial charge in [0.2, 0.25) is 0 Å². The maximum atomic E-state index is 2.65. The number of hydrogen-bond donors (Lipinski definition) is 0. The van der Waals surface area contributed by atoms with Crippen LogP contribution in [0.3, 0.4) is 0 Å². The Hall–Kier alpha value is 1.88. The van der Waals surface area contributed by atoms with Gasteiger partial charge in [-0.25, -0.2) is 0 Å². The van der Waals surface area contributed by atoms with Crippen molar-refractivity contribution in [3.8, 4) is 0 Å². The Bertz CT molecular complexity index is 650. The summed E-state index contributed by atoms with van der Waals surface area (Å²) >= 11 is 0. The summed E-state index contributed by atoms with van der Waals surface area (Å²) < 4.78 is 0. The molecule has 3 rings (SSSR count). The van der Waals surface area contributed by atoms with Crippen molar-refractivity contribution in [2.75, 3.05) is 0 Å². The van der Waals surface area contributed by atoms with Crippen LogP contribution in [0.15, 0.2) is 0 Å². The summed E-state index contributed by atoms with van der Waals surface area (Å²) in [6, 6.07) is 0. The van der Waals surface area contributed by atoms with Gasteiger partial charge >= 0.3 is 0 Å². The van der Waals surface area contributed by atoms with E-state index in [1.54, 1.807) is 28.8 Å². The van der Waals surface area contributed by atoms with Crippen molar-refractivity contribution in [3.63, 3.8) is 0 Å². The first kappa shape index (κ1) is 36.9.